The molecule has 106 valence electrons. The van der Waals surface area contributed by atoms with Crippen LogP contribution in [0.3, 0.4) is 0 Å². The van der Waals surface area contributed by atoms with Crippen LogP contribution < -0.4 is 15.2 Å². The maximum Gasteiger partial charge on any atom is 0.169 e. The van der Waals surface area contributed by atoms with E-state index in [-0.39, 0.29) is 0 Å². The first kappa shape index (κ1) is 14.7. The molecule has 0 aromatic heterocycles. The molecule has 0 amide bonds. The van der Waals surface area contributed by atoms with E-state index >= 15 is 0 Å². The number of benzene rings is 2. The molecule has 0 unspecified atom stereocenters. The Morgan fingerprint density at radius 2 is 1.80 bits per heavy atom. The van der Waals surface area contributed by atoms with Crippen LogP contribution in [0.5, 0.6) is 17.2 Å². The lowest BCUT2D eigenvalue weighted by Crippen LogP contribution is -2.02. The van der Waals surface area contributed by atoms with Crippen LogP contribution in [0, 0.1) is 0 Å². The highest BCUT2D eigenvalue weighted by atomic mass is 35.5. The highest BCUT2D eigenvalue weighted by Crippen LogP contribution is 2.35. The Bertz CT molecular complexity index is 572. The molecule has 0 fully saturated rings. The van der Waals surface area contributed by atoms with Gasteiger partial charge in [0.05, 0.1) is 11.6 Å². The van der Waals surface area contributed by atoms with E-state index in [1.807, 2.05) is 49.4 Å². The smallest absolute Gasteiger partial charge is 0.169 e. The summed E-state index contributed by atoms with van der Waals surface area (Å²) in [6.07, 6.45) is 0.801. The molecule has 0 aliphatic heterocycles. The third-order valence-electron chi connectivity index (χ3n) is 2.80. The normalized spacial score (nSPS) is 10.3. The highest BCUT2D eigenvalue weighted by Gasteiger charge is 2.08. The molecule has 0 radical (unpaired) electrons. The number of hydrogen-bond acceptors (Lipinski definition) is 3. The average molecular weight is 292 g/mol. The minimum Gasteiger partial charge on any atom is -0.490 e. The zero-order valence-electron chi connectivity index (χ0n) is 11.4. The maximum atomic E-state index is 6.24. The molecule has 0 atom stereocenters. The summed E-state index contributed by atoms with van der Waals surface area (Å²) in [5.74, 6) is 1.97. The molecule has 0 bridgehead atoms. The number of rotatable bonds is 6. The van der Waals surface area contributed by atoms with Crippen molar-refractivity contribution in [1.29, 1.82) is 0 Å². The van der Waals surface area contributed by atoms with E-state index < -0.39 is 0 Å². The second kappa shape index (κ2) is 7.17. The van der Waals surface area contributed by atoms with Crippen molar-refractivity contribution in [2.75, 3.05) is 13.2 Å². The Balaban J connectivity index is 2.21. The number of hydrogen-bond donors (Lipinski definition) is 1. The van der Waals surface area contributed by atoms with Gasteiger partial charge >= 0.3 is 0 Å². The van der Waals surface area contributed by atoms with Gasteiger partial charge in [0, 0.05) is 0 Å². The van der Waals surface area contributed by atoms with Crippen molar-refractivity contribution in [3.05, 3.63) is 53.1 Å². The molecule has 0 spiro atoms. The van der Waals surface area contributed by atoms with Crippen LogP contribution >= 0.6 is 11.6 Å². The zero-order valence-corrected chi connectivity index (χ0v) is 12.2. The van der Waals surface area contributed by atoms with E-state index in [9.17, 15) is 0 Å². The fourth-order valence-corrected chi connectivity index (χ4v) is 2.12. The summed E-state index contributed by atoms with van der Waals surface area (Å²) in [7, 11) is 0. The van der Waals surface area contributed by atoms with E-state index in [0.29, 0.717) is 35.4 Å². The van der Waals surface area contributed by atoms with E-state index in [0.717, 1.165) is 12.0 Å². The van der Waals surface area contributed by atoms with E-state index in [1.165, 1.54) is 0 Å². The molecule has 4 heteroatoms. The van der Waals surface area contributed by atoms with Gasteiger partial charge in [-0.2, -0.15) is 0 Å². The van der Waals surface area contributed by atoms with Crippen molar-refractivity contribution in [3.8, 4) is 17.2 Å². The summed E-state index contributed by atoms with van der Waals surface area (Å²) in [5, 5.41) is 0.572. The van der Waals surface area contributed by atoms with E-state index in [2.05, 4.69) is 0 Å². The topological polar surface area (TPSA) is 44.5 Å². The monoisotopic (exact) mass is 291 g/mol. The fourth-order valence-electron chi connectivity index (χ4n) is 1.88. The number of para-hydroxylation sites is 2. The second-order valence-electron chi connectivity index (χ2n) is 4.29. The van der Waals surface area contributed by atoms with Gasteiger partial charge in [0.2, 0.25) is 0 Å². The first-order valence-corrected chi connectivity index (χ1v) is 7.00. The maximum absolute atomic E-state index is 6.24. The van der Waals surface area contributed by atoms with Crippen LogP contribution in [0.4, 0.5) is 0 Å². The van der Waals surface area contributed by atoms with Gasteiger partial charge in [0.25, 0.3) is 0 Å². The van der Waals surface area contributed by atoms with Gasteiger partial charge in [-0.3, -0.25) is 0 Å². The molecule has 3 nitrogen and oxygen atoms in total. The first-order chi connectivity index (χ1) is 9.74. The lowest BCUT2D eigenvalue weighted by atomic mass is 10.1. The van der Waals surface area contributed by atoms with Crippen molar-refractivity contribution >= 4 is 11.6 Å². The summed E-state index contributed by atoms with van der Waals surface area (Å²) >= 11 is 6.24. The Kier molecular flexibility index (Phi) is 5.27. The van der Waals surface area contributed by atoms with Gasteiger partial charge in [-0.05, 0) is 49.7 Å². The van der Waals surface area contributed by atoms with Gasteiger partial charge in [0.1, 0.15) is 5.75 Å². The fraction of sp³-hybridized carbons (Fsp3) is 0.250. The van der Waals surface area contributed by atoms with Gasteiger partial charge < -0.3 is 15.2 Å². The van der Waals surface area contributed by atoms with E-state index in [1.54, 1.807) is 0 Å². The van der Waals surface area contributed by atoms with Crippen LogP contribution in [-0.2, 0) is 6.42 Å². The number of nitrogens with two attached hydrogens (primary N) is 1. The molecule has 0 saturated carbocycles. The first-order valence-electron chi connectivity index (χ1n) is 6.62. The average Bonchev–Trinajstić information content (AvgIpc) is 2.44. The molecule has 2 rings (SSSR count). The summed E-state index contributed by atoms with van der Waals surface area (Å²) in [6.45, 7) is 3.12. The summed E-state index contributed by atoms with van der Waals surface area (Å²) in [6, 6.07) is 13.2. The van der Waals surface area contributed by atoms with Crippen LogP contribution in [0.2, 0.25) is 5.02 Å². The molecule has 0 heterocycles. The van der Waals surface area contributed by atoms with Gasteiger partial charge in [-0.1, -0.05) is 29.8 Å². The Morgan fingerprint density at radius 1 is 1.05 bits per heavy atom. The quantitative estimate of drug-likeness (QED) is 0.874. The van der Waals surface area contributed by atoms with Gasteiger partial charge in [0.15, 0.2) is 11.5 Å². The van der Waals surface area contributed by atoms with Crippen molar-refractivity contribution in [1.82, 2.24) is 0 Å². The number of halogens is 1. The second-order valence-corrected chi connectivity index (χ2v) is 4.69. The molecule has 2 aromatic rings. The lowest BCUT2D eigenvalue weighted by molar-refractivity contribution is 0.321. The Hall–Kier alpha value is -1.71. The lowest BCUT2D eigenvalue weighted by Gasteiger charge is -2.12. The zero-order chi connectivity index (χ0) is 14.4. The van der Waals surface area contributed by atoms with Crippen LogP contribution in [0.1, 0.15) is 12.5 Å². The minimum atomic E-state index is 0.572. The molecule has 0 aliphatic carbocycles. The molecule has 0 saturated heterocycles. The standard InChI is InChI=1S/C16H18ClNO2/c1-2-19-15-5-3-4-6-16(15)20-14-8-7-12(9-10-18)11-13(14)17/h3-8,11H,2,9-10,18H2,1H3. The predicted octanol–water partition coefficient (Wildman–Crippen LogP) is 4.03. The predicted molar refractivity (Wildman–Crippen MR) is 81.9 cm³/mol. The summed E-state index contributed by atoms with van der Waals surface area (Å²) in [4.78, 5) is 0. The van der Waals surface area contributed by atoms with Crippen LogP contribution in [-0.4, -0.2) is 13.2 Å². The third kappa shape index (κ3) is 3.65. The molecule has 2 aromatic carbocycles. The SMILES string of the molecule is CCOc1ccccc1Oc1ccc(CCN)cc1Cl. The van der Waals surface area contributed by atoms with Gasteiger partial charge in [-0.15, -0.1) is 0 Å². The van der Waals surface area contributed by atoms with Gasteiger partial charge in [-0.25, -0.2) is 0 Å². The minimum absolute atomic E-state index is 0.572. The van der Waals surface area contributed by atoms with Crippen LogP contribution in [0.15, 0.2) is 42.5 Å². The highest BCUT2D eigenvalue weighted by molar-refractivity contribution is 6.32. The largest absolute Gasteiger partial charge is 0.490 e. The molecule has 2 N–H and O–H groups in total. The molecular formula is C16H18ClNO2. The summed E-state index contributed by atoms with van der Waals surface area (Å²) < 4.78 is 11.4. The van der Waals surface area contributed by atoms with Crippen molar-refractivity contribution < 1.29 is 9.47 Å². The Labute approximate surface area is 124 Å². The van der Waals surface area contributed by atoms with Crippen molar-refractivity contribution in [2.24, 2.45) is 5.73 Å². The third-order valence-corrected chi connectivity index (χ3v) is 3.09. The molecular weight excluding hydrogens is 274 g/mol. The van der Waals surface area contributed by atoms with E-state index in [4.69, 9.17) is 26.8 Å². The van der Waals surface area contributed by atoms with Crippen molar-refractivity contribution in [2.45, 2.75) is 13.3 Å². The molecule has 20 heavy (non-hydrogen) atoms. The Morgan fingerprint density at radius 3 is 2.45 bits per heavy atom. The number of ether oxygens (including phenoxy) is 2. The van der Waals surface area contributed by atoms with Crippen molar-refractivity contribution in [3.63, 3.8) is 0 Å². The van der Waals surface area contributed by atoms with Crippen LogP contribution in [0.25, 0.3) is 0 Å². The molecule has 0 aliphatic rings. The summed E-state index contributed by atoms with van der Waals surface area (Å²) in [5.41, 5.74) is 6.63.